The highest BCUT2D eigenvalue weighted by Gasteiger charge is 2.31. The Kier molecular flexibility index (Phi) is 2.06. The molecule has 0 saturated carbocycles. The van der Waals surface area contributed by atoms with E-state index in [0.29, 0.717) is 0 Å². The average molecular weight is 166 g/mol. The summed E-state index contributed by atoms with van der Waals surface area (Å²) in [7, 11) is 0. The third-order valence-electron chi connectivity index (χ3n) is 2.04. The predicted molar refractivity (Wildman–Crippen MR) is 48.9 cm³/mol. The molecule has 1 rings (SSSR count). The first-order valence-corrected chi connectivity index (χ1v) is 3.87. The maximum Gasteiger partial charge on any atom is 0.101 e. The topological polar surface area (TPSA) is 70.1 Å². The summed E-state index contributed by atoms with van der Waals surface area (Å²) in [5, 5.41) is 17.1. The van der Waals surface area contributed by atoms with Gasteiger partial charge in [-0.15, -0.1) is 0 Å². The molecule has 1 aliphatic rings. The van der Waals surface area contributed by atoms with Crippen molar-refractivity contribution in [1.29, 1.82) is 5.41 Å². The summed E-state index contributed by atoms with van der Waals surface area (Å²) in [6, 6.07) is 0. The Morgan fingerprint density at radius 1 is 1.75 bits per heavy atom. The number of nitrogens with two attached hydrogens (primary N) is 1. The number of nitrogens with one attached hydrogen (secondary N) is 1. The van der Waals surface area contributed by atoms with E-state index in [1.54, 1.807) is 19.1 Å². The fourth-order valence-electron chi connectivity index (χ4n) is 1.46. The molecule has 3 heteroatoms. The first kappa shape index (κ1) is 9.00. The second-order valence-electron chi connectivity index (χ2n) is 3.41. The molecule has 0 heterocycles. The van der Waals surface area contributed by atoms with Crippen LogP contribution in [0.3, 0.4) is 0 Å². The van der Waals surface area contributed by atoms with Crippen molar-refractivity contribution in [3.05, 3.63) is 23.8 Å². The summed E-state index contributed by atoms with van der Waals surface area (Å²) < 4.78 is 0. The molecule has 0 aliphatic heterocycles. The first-order valence-electron chi connectivity index (χ1n) is 3.87. The van der Waals surface area contributed by atoms with Crippen molar-refractivity contribution in [1.82, 2.24) is 0 Å². The molecule has 2 unspecified atom stereocenters. The Bertz CT molecular complexity index is 264. The van der Waals surface area contributed by atoms with E-state index < -0.39 is 5.60 Å². The molecule has 1 aliphatic carbocycles. The zero-order valence-electron chi connectivity index (χ0n) is 7.33. The predicted octanol–water partition coefficient (Wildman–Crippen LogP) is 0.806. The van der Waals surface area contributed by atoms with Gasteiger partial charge in [-0.3, -0.25) is 5.41 Å². The second-order valence-corrected chi connectivity index (χ2v) is 3.41. The molecule has 12 heavy (non-hydrogen) atoms. The second kappa shape index (κ2) is 2.75. The standard InChI is InChI=1S/C9H14N2O/c1-6-3-4-7(8(10)11)9(2,12)5-6/h3-5,7,12H,1-2H3,(H3,10,11). The third-order valence-corrected chi connectivity index (χ3v) is 2.04. The molecule has 0 radical (unpaired) electrons. The highest BCUT2D eigenvalue weighted by molar-refractivity contribution is 5.83. The lowest BCUT2D eigenvalue weighted by molar-refractivity contribution is 0.0891. The van der Waals surface area contributed by atoms with Gasteiger partial charge in [0.2, 0.25) is 0 Å². The van der Waals surface area contributed by atoms with Crippen molar-refractivity contribution >= 4 is 5.84 Å². The number of amidine groups is 1. The van der Waals surface area contributed by atoms with E-state index >= 15 is 0 Å². The number of allylic oxidation sites excluding steroid dienone is 2. The van der Waals surface area contributed by atoms with Crippen molar-refractivity contribution in [2.75, 3.05) is 0 Å². The van der Waals surface area contributed by atoms with Gasteiger partial charge in [0.1, 0.15) is 5.84 Å². The third kappa shape index (κ3) is 1.56. The highest BCUT2D eigenvalue weighted by Crippen LogP contribution is 2.26. The van der Waals surface area contributed by atoms with Crippen molar-refractivity contribution in [3.8, 4) is 0 Å². The van der Waals surface area contributed by atoms with Crippen LogP contribution in [0, 0.1) is 11.3 Å². The molecule has 0 amide bonds. The molecule has 3 nitrogen and oxygen atoms in total. The molecule has 0 fully saturated rings. The van der Waals surface area contributed by atoms with Crippen LogP contribution in [0.25, 0.3) is 0 Å². The Morgan fingerprint density at radius 2 is 2.33 bits per heavy atom. The summed E-state index contributed by atoms with van der Waals surface area (Å²) in [6.45, 7) is 3.56. The summed E-state index contributed by atoms with van der Waals surface area (Å²) in [6.07, 6.45) is 5.35. The normalized spacial score (nSPS) is 34.6. The smallest absolute Gasteiger partial charge is 0.101 e. The van der Waals surface area contributed by atoms with Crippen LogP contribution in [-0.4, -0.2) is 16.5 Å². The Balaban J connectivity index is 2.96. The van der Waals surface area contributed by atoms with E-state index in [9.17, 15) is 5.11 Å². The average Bonchev–Trinajstić information content (AvgIpc) is 1.82. The summed E-state index contributed by atoms with van der Waals surface area (Å²) in [5.74, 6) is -0.388. The van der Waals surface area contributed by atoms with Gasteiger partial charge in [0, 0.05) is 0 Å². The highest BCUT2D eigenvalue weighted by atomic mass is 16.3. The van der Waals surface area contributed by atoms with E-state index in [-0.39, 0.29) is 11.8 Å². The number of aliphatic hydroxyl groups is 1. The monoisotopic (exact) mass is 166 g/mol. The van der Waals surface area contributed by atoms with E-state index in [1.165, 1.54) is 0 Å². The van der Waals surface area contributed by atoms with Crippen molar-refractivity contribution < 1.29 is 5.11 Å². The van der Waals surface area contributed by atoms with Crippen molar-refractivity contribution in [2.45, 2.75) is 19.4 Å². The van der Waals surface area contributed by atoms with Crippen molar-refractivity contribution in [3.63, 3.8) is 0 Å². The van der Waals surface area contributed by atoms with Crippen molar-refractivity contribution in [2.24, 2.45) is 11.7 Å². The van der Waals surface area contributed by atoms with Gasteiger partial charge in [-0.05, 0) is 19.9 Å². The van der Waals surface area contributed by atoms with Gasteiger partial charge in [-0.2, -0.15) is 0 Å². The van der Waals surface area contributed by atoms with E-state index in [4.69, 9.17) is 11.1 Å². The van der Waals surface area contributed by atoms with Gasteiger partial charge in [-0.1, -0.05) is 17.7 Å². The minimum atomic E-state index is -1.01. The minimum absolute atomic E-state index is 0.000000000000000444. The van der Waals surface area contributed by atoms with Crippen LogP contribution >= 0.6 is 0 Å². The number of hydrogen-bond donors (Lipinski definition) is 3. The quantitative estimate of drug-likeness (QED) is 0.398. The molecular formula is C9H14N2O. The van der Waals surface area contributed by atoms with Gasteiger partial charge in [0.05, 0.1) is 11.5 Å². The van der Waals surface area contributed by atoms with Gasteiger partial charge in [0.25, 0.3) is 0 Å². The van der Waals surface area contributed by atoms with E-state index in [2.05, 4.69) is 0 Å². The fraction of sp³-hybridized carbons (Fsp3) is 0.444. The Labute approximate surface area is 72.1 Å². The fourth-order valence-corrected chi connectivity index (χ4v) is 1.46. The molecule has 2 atom stereocenters. The summed E-state index contributed by atoms with van der Waals surface area (Å²) in [5.41, 5.74) is 5.32. The first-order chi connectivity index (χ1) is 5.43. The summed E-state index contributed by atoms with van der Waals surface area (Å²) >= 11 is 0. The molecule has 0 saturated heterocycles. The van der Waals surface area contributed by atoms with Gasteiger partial charge >= 0.3 is 0 Å². The Morgan fingerprint density at radius 3 is 2.75 bits per heavy atom. The van der Waals surface area contributed by atoms with Crippen LogP contribution < -0.4 is 5.73 Å². The SMILES string of the molecule is CC1=CC(C)(O)C(C(=N)N)C=C1. The van der Waals surface area contributed by atoms with Gasteiger partial charge in [-0.25, -0.2) is 0 Å². The molecule has 66 valence electrons. The number of hydrogen-bond acceptors (Lipinski definition) is 2. The van der Waals surface area contributed by atoms with E-state index in [1.807, 2.05) is 13.0 Å². The maximum absolute atomic E-state index is 9.83. The molecule has 0 spiro atoms. The van der Waals surface area contributed by atoms with Crippen LogP contribution in [0.5, 0.6) is 0 Å². The molecule has 0 aromatic carbocycles. The lowest BCUT2D eigenvalue weighted by Crippen LogP contribution is -2.41. The molecule has 0 aromatic heterocycles. The zero-order valence-corrected chi connectivity index (χ0v) is 7.33. The zero-order chi connectivity index (χ0) is 9.35. The van der Waals surface area contributed by atoms with Gasteiger partial charge < -0.3 is 10.8 Å². The summed E-state index contributed by atoms with van der Waals surface area (Å²) in [4.78, 5) is 0. The maximum atomic E-state index is 9.83. The van der Waals surface area contributed by atoms with Crippen LogP contribution in [-0.2, 0) is 0 Å². The van der Waals surface area contributed by atoms with Crippen LogP contribution in [0.4, 0.5) is 0 Å². The molecule has 4 N–H and O–H groups in total. The van der Waals surface area contributed by atoms with E-state index in [0.717, 1.165) is 5.57 Å². The molecular weight excluding hydrogens is 152 g/mol. The lowest BCUT2D eigenvalue weighted by Gasteiger charge is -2.30. The minimum Gasteiger partial charge on any atom is -0.387 e. The molecule has 0 aromatic rings. The molecule has 0 bridgehead atoms. The van der Waals surface area contributed by atoms with Crippen LogP contribution in [0.15, 0.2) is 23.8 Å². The van der Waals surface area contributed by atoms with Crippen LogP contribution in [0.1, 0.15) is 13.8 Å². The largest absolute Gasteiger partial charge is 0.387 e. The number of rotatable bonds is 1. The van der Waals surface area contributed by atoms with Crippen LogP contribution in [0.2, 0.25) is 0 Å². The van der Waals surface area contributed by atoms with Gasteiger partial charge in [0.15, 0.2) is 0 Å². The Hall–Kier alpha value is -1.09. The lowest BCUT2D eigenvalue weighted by atomic mass is 9.82.